The smallest absolute Gasteiger partial charge is 0.194 e. The standard InChI is InChI=1S/C26H33F3/c1-3-5-18(2)6-4-7-19-8-10-20(11-9-19)21-12-14-22(15-13-21)23-16-24(27)26(29)25(28)17-23/h12-20H,3-11H2,1-2H3. The normalized spacial score (nSPS) is 20.6. The highest BCUT2D eigenvalue weighted by atomic mass is 19.2. The number of hydrogen-bond acceptors (Lipinski definition) is 0. The van der Waals surface area contributed by atoms with Crippen LogP contribution < -0.4 is 0 Å². The molecule has 158 valence electrons. The molecule has 29 heavy (non-hydrogen) atoms. The van der Waals surface area contributed by atoms with Crippen LogP contribution in [0.4, 0.5) is 13.2 Å². The summed E-state index contributed by atoms with van der Waals surface area (Å²) in [5.74, 6) is -1.41. The molecule has 0 radical (unpaired) electrons. The first kappa shape index (κ1) is 21.9. The van der Waals surface area contributed by atoms with E-state index in [9.17, 15) is 13.2 Å². The molecule has 0 nitrogen and oxygen atoms in total. The van der Waals surface area contributed by atoms with Gasteiger partial charge in [-0.15, -0.1) is 0 Å². The Morgan fingerprint density at radius 2 is 1.48 bits per heavy atom. The average Bonchev–Trinajstić information content (AvgIpc) is 2.72. The summed E-state index contributed by atoms with van der Waals surface area (Å²) in [6, 6.07) is 10.0. The summed E-state index contributed by atoms with van der Waals surface area (Å²) in [6.07, 6.45) is 11.7. The lowest BCUT2D eigenvalue weighted by Crippen LogP contribution is -2.13. The van der Waals surface area contributed by atoms with E-state index >= 15 is 0 Å². The molecule has 0 saturated heterocycles. The highest BCUT2D eigenvalue weighted by molar-refractivity contribution is 5.64. The van der Waals surface area contributed by atoms with Gasteiger partial charge < -0.3 is 0 Å². The van der Waals surface area contributed by atoms with Crippen molar-refractivity contribution < 1.29 is 13.2 Å². The molecule has 0 heterocycles. The van der Waals surface area contributed by atoms with Crippen LogP contribution in [0.3, 0.4) is 0 Å². The fraction of sp³-hybridized carbons (Fsp3) is 0.538. The van der Waals surface area contributed by atoms with Gasteiger partial charge in [-0.2, -0.15) is 0 Å². The lowest BCUT2D eigenvalue weighted by molar-refractivity contribution is 0.295. The van der Waals surface area contributed by atoms with Gasteiger partial charge in [-0.25, -0.2) is 13.2 Å². The Balaban J connectivity index is 1.52. The second-order valence-corrected chi connectivity index (χ2v) is 8.92. The first-order valence-corrected chi connectivity index (χ1v) is 11.2. The minimum Gasteiger partial charge on any atom is -0.204 e. The molecule has 1 atom stereocenters. The van der Waals surface area contributed by atoms with Crippen LogP contribution in [0, 0.1) is 29.3 Å². The predicted molar refractivity (Wildman–Crippen MR) is 114 cm³/mol. The molecule has 3 heteroatoms. The minimum atomic E-state index is -1.41. The molecular formula is C26H33F3. The molecule has 3 rings (SSSR count). The quantitative estimate of drug-likeness (QED) is 0.388. The van der Waals surface area contributed by atoms with Crippen LogP contribution in [-0.4, -0.2) is 0 Å². The van der Waals surface area contributed by atoms with Gasteiger partial charge in [0.25, 0.3) is 0 Å². The van der Waals surface area contributed by atoms with Crippen molar-refractivity contribution in [2.45, 2.75) is 77.6 Å². The molecule has 2 aromatic carbocycles. The Kier molecular flexibility index (Phi) is 7.80. The molecule has 0 aromatic heterocycles. The molecule has 0 N–H and O–H groups in total. The van der Waals surface area contributed by atoms with Crippen molar-refractivity contribution in [1.29, 1.82) is 0 Å². The van der Waals surface area contributed by atoms with Crippen LogP contribution in [0.25, 0.3) is 11.1 Å². The van der Waals surface area contributed by atoms with E-state index in [2.05, 4.69) is 26.0 Å². The van der Waals surface area contributed by atoms with Crippen LogP contribution in [-0.2, 0) is 0 Å². The molecule has 0 amide bonds. The topological polar surface area (TPSA) is 0 Å². The van der Waals surface area contributed by atoms with E-state index in [0.29, 0.717) is 17.0 Å². The second-order valence-electron chi connectivity index (χ2n) is 8.92. The Bertz CT molecular complexity index is 750. The maximum atomic E-state index is 13.5. The Morgan fingerprint density at radius 3 is 2.07 bits per heavy atom. The molecular weight excluding hydrogens is 369 g/mol. The molecule has 1 aliphatic carbocycles. The zero-order valence-electron chi connectivity index (χ0n) is 17.7. The lowest BCUT2D eigenvalue weighted by Gasteiger charge is -2.29. The van der Waals surface area contributed by atoms with Gasteiger partial charge in [0.15, 0.2) is 17.5 Å². The van der Waals surface area contributed by atoms with E-state index in [1.807, 2.05) is 12.1 Å². The van der Waals surface area contributed by atoms with Gasteiger partial charge in [0, 0.05) is 0 Å². The fourth-order valence-corrected chi connectivity index (χ4v) is 4.85. The van der Waals surface area contributed by atoms with Gasteiger partial charge in [0.2, 0.25) is 0 Å². The van der Waals surface area contributed by atoms with Crippen LogP contribution in [0.1, 0.15) is 83.1 Å². The van der Waals surface area contributed by atoms with E-state index in [0.717, 1.165) is 24.0 Å². The molecule has 1 saturated carbocycles. The maximum absolute atomic E-state index is 13.5. The molecule has 1 aliphatic rings. The number of benzene rings is 2. The van der Waals surface area contributed by atoms with E-state index in [-0.39, 0.29) is 0 Å². The Labute approximate surface area is 173 Å². The van der Waals surface area contributed by atoms with E-state index in [1.54, 1.807) is 0 Å². The van der Waals surface area contributed by atoms with Gasteiger partial charge in [-0.05, 0) is 72.3 Å². The third-order valence-corrected chi connectivity index (χ3v) is 6.64. The summed E-state index contributed by atoms with van der Waals surface area (Å²) < 4.78 is 40.1. The summed E-state index contributed by atoms with van der Waals surface area (Å²) in [7, 11) is 0. The van der Waals surface area contributed by atoms with Crippen molar-refractivity contribution in [1.82, 2.24) is 0 Å². The number of hydrogen-bond donors (Lipinski definition) is 0. The number of rotatable bonds is 8. The molecule has 0 bridgehead atoms. The van der Waals surface area contributed by atoms with Crippen LogP contribution >= 0.6 is 0 Å². The highest BCUT2D eigenvalue weighted by Crippen LogP contribution is 2.38. The van der Waals surface area contributed by atoms with E-state index in [1.165, 1.54) is 63.4 Å². The van der Waals surface area contributed by atoms with Gasteiger partial charge in [-0.1, -0.05) is 70.2 Å². The largest absolute Gasteiger partial charge is 0.204 e. The van der Waals surface area contributed by atoms with Crippen molar-refractivity contribution in [3.8, 4) is 11.1 Å². The molecule has 0 spiro atoms. The summed E-state index contributed by atoms with van der Waals surface area (Å²) in [5.41, 5.74) is 2.38. The van der Waals surface area contributed by atoms with Crippen LogP contribution in [0.5, 0.6) is 0 Å². The van der Waals surface area contributed by atoms with Crippen LogP contribution in [0.15, 0.2) is 36.4 Å². The Morgan fingerprint density at radius 1 is 0.862 bits per heavy atom. The van der Waals surface area contributed by atoms with Gasteiger partial charge in [-0.3, -0.25) is 0 Å². The van der Waals surface area contributed by atoms with E-state index in [4.69, 9.17) is 0 Å². The molecule has 1 fully saturated rings. The lowest BCUT2D eigenvalue weighted by atomic mass is 9.76. The van der Waals surface area contributed by atoms with Crippen molar-refractivity contribution >= 4 is 0 Å². The van der Waals surface area contributed by atoms with Gasteiger partial charge >= 0.3 is 0 Å². The summed E-state index contributed by atoms with van der Waals surface area (Å²) in [5, 5.41) is 0. The molecule has 0 aliphatic heterocycles. The first-order valence-electron chi connectivity index (χ1n) is 11.2. The third-order valence-electron chi connectivity index (χ3n) is 6.64. The maximum Gasteiger partial charge on any atom is 0.194 e. The summed E-state index contributed by atoms with van der Waals surface area (Å²) in [4.78, 5) is 0. The van der Waals surface area contributed by atoms with Crippen LogP contribution in [0.2, 0.25) is 0 Å². The summed E-state index contributed by atoms with van der Waals surface area (Å²) in [6.45, 7) is 4.64. The number of halogens is 3. The first-order chi connectivity index (χ1) is 14.0. The van der Waals surface area contributed by atoms with Gasteiger partial charge in [0.05, 0.1) is 0 Å². The summed E-state index contributed by atoms with van der Waals surface area (Å²) >= 11 is 0. The average molecular weight is 403 g/mol. The zero-order valence-corrected chi connectivity index (χ0v) is 17.7. The fourth-order valence-electron chi connectivity index (χ4n) is 4.85. The predicted octanol–water partition coefficient (Wildman–Crippen LogP) is 8.65. The zero-order chi connectivity index (χ0) is 20.8. The van der Waals surface area contributed by atoms with Crippen molar-refractivity contribution in [2.24, 2.45) is 11.8 Å². The minimum absolute atomic E-state index is 0.369. The SMILES string of the molecule is CCCC(C)CCCC1CCC(c2ccc(-c3cc(F)c(F)c(F)c3)cc2)CC1. The monoisotopic (exact) mass is 402 g/mol. The second kappa shape index (κ2) is 10.3. The Hall–Kier alpha value is -1.77. The highest BCUT2D eigenvalue weighted by Gasteiger charge is 2.22. The van der Waals surface area contributed by atoms with Crippen molar-refractivity contribution in [2.75, 3.05) is 0 Å². The molecule has 2 aromatic rings. The van der Waals surface area contributed by atoms with Gasteiger partial charge in [0.1, 0.15) is 0 Å². The van der Waals surface area contributed by atoms with Crippen molar-refractivity contribution in [3.63, 3.8) is 0 Å². The van der Waals surface area contributed by atoms with E-state index < -0.39 is 17.5 Å². The third kappa shape index (κ3) is 5.87. The molecule has 1 unspecified atom stereocenters. The van der Waals surface area contributed by atoms with Crippen molar-refractivity contribution in [3.05, 3.63) is 59.4 Å².